The average Bonchev–Trinajstić information content (AvgIpc) is 3.75. The molecule has 304 valence electrons. The van der Waals surface area contributed by atoms with Gasteiger partial charge in [-0.2, -0.15) is 0 Å². The van der Waals surface area contributed by atoms with Crippen molar-refractivity contribution in [1.82, 2.24) is 0 Å². The maximum absolute atomic E-state index is 2.55. The number of hydrogen-bond donors (Lipinski definition) is 0. The van der Waals surface area contributed by atoms with Crippen LogP contribution >= 0.6 is 0 Å². The molecule has 9 aromatic carbocycles. The topological polar surface area (TPSA) is 3.24 Å². The molecular weight excluding hydrogens is 759 g/mol. The molecule has 0 amide bonds. The molecule has 0 heterocycles. The predicted molar refractivity (Wildman–Crippen MR) is 268 cm³/mol. The lowest BCUT2D eigenvalue weighted by atomic mass is 9.62. The highest BCUT2D eigenvalue weighted by Gasteiger charge is 2.41. The molecule has 1 heteroatoms. The van der Waals surface area contributed by atoms with Crippen LogP contribution in [0.1, 0.15) is 54.5 Å². The molecule has 0 saturated heterocycles. The van der Waals surface area contributed by atoms with Crippen molar-refractivity contribution in [2.75, 3.05) is 4.90 Å². The molecule has 0 spiro atoms. The molecule has 9 aromatic rings. The minimum atomic E-state index is -0.485. The van der Waals surface area contributed by atoms with Crippen molar-refractivity contribution in [3.05, 3.63) is 276 Å². The van der Waals surface area contributed by atoms with E-state index in [2.05, 4.69) is 241 Å². The Kier molecular flexibility index (Phi) is 11.0. The molecule has 0 unspecified atom stereocenters. The molecule has 2 aliphatic rings. The van der Waals surface area contributed by atoms with Gasteiger partial charge in [0.2, 0.25) is 0 Å². The van der Waals surface area contributed by atoms with Crippen molar-refractivity contribution in [3.8, 4) is 22.3 Å². The number of rotatable bonds is 9. The van der Waals surface area contributed by atoms with Gasteiger partial charge in [0, 0.05) is 17.1 Å². The van der Waals surface area contributed by atoms with E-state index >= 15 is 0 Å². The number of allylic oxidation sites excluding steroid dienone is 4. The Bertz CT molecular complexity index is 3010. The summed E-state index contributed by atoms with van der Waals surface area (Å²) >= 11 is 0. The van der Waals surface area contributed by atoms with Crippen molar-refractivity contribution >= 4 is 33.4 Å². The van der Waals surface area contributed by atoms with Crippen LogP contribution in [0.3, 0.4) is 0 Å². The van der Waals surface area contributed by atoms with Crippen LogP contribution in [0, 0.1) is 0 Å². The predicted octanol–water partition coefficient (Wildman–Crippen LogP) is 16.7. The van der Waals surface area contributed by atoms with E-state index < -0.39 is 5.41 Å². The highest BCUT2D eigenvalue weighted by molar-refractivity contribution is 5.89. The molecular formula is C62H51N. The summed E-state index contributed by atoms with van der Waals surface area (Å²) in [5.74, 6) is 0. The fourth-order valence-corrected chi connectivity index (χ4v) is 10.0. The summed E-state index contributed by atoms with van der Waals surface area (Å²) in [7, 11) is 0. The van der Waals surface area contributed by atoms with Gasteiger partial charge in [-0.05, 0) is 134 Å². The van der Waals surface area contributed by atoms with E-state index in [1.165, 1.54) is 72.0 Å². The first-order valence-electron chi connectivity index (χ1n) is 22.5. The van der Waals surface area contributed by atoms with Crippen molar-refractivity contribution in [2.24, 2.45) is 0 Å². The van der Waals surface area contributed by atoms with Gasteiger partial charge < -0.3 is 4.90 Å². The second kappa shape index (κ2) is 17.5. The lowest BCUT2D eigenvalue weighted by Crippen LogP contribution is -2.33. The number of nitrogens with zero attached hydrogens (tertiary/aromatic N) is 1. The summed E-state index contributed by atoms with van der Waals surface area (Å²) in [5.41, 5.74) is 18.8. The number of fused-ring (bicyclic) bond motifs is 3. The van der Waals surface area contributed by atoms with Crippen molar-refractivity contribution in [3.63, 3.8) is 0 Å². The first-order valence-corrected chi connectivity index (χ1v) is 22.5. The molecule has 0 saturated carbocycles. The highest BCUT2D eigenvalue weighted by atomic mass is 15.1. The maximum atomic E-state index is 2.55. The van der Waals surface area contributed by atoms with Gasteiger partial charge in [-0.15, -0.1) is 0 Å². The van der Waals surface area contributed by atoms with Gasteiger partial charge in [0.25, 0.3) is 0 Å². The van der Waals surface area contributed by atoms with Crippen LogP contribution < -0.4 is 4.90 Å². The van der Waals surface area contributed by atoms with Crippen LogP contribution in [-0.4, -0.2) is 0 Å². The Balaban J connectivity index is 0.00000232. The molecule has 0 fully saturated rings. The highest BCUT2D eigenvalue weighted by Crippen LogP contribution is 2.52. The molecule has 11 rings (SSSR count). The second-order valence-electron chi connectivity index (χ2n) is 16.4. The SMILES string of the molecule is C1=C(C(c2ccccc2)(c2ccccc2)c2ccc(N(c3ccc(-c4ccccc4)cc3)c3ccc(-c4ccc5ccccc5c4)cc3)cc2)CCC2=C1c1ccccc1C2.CC. The summed E-state index contributed by atoms with van der Waals surface area (Å²) in [5, 5.41) is 2.51. The van der Waals surface area contributed by atoms with Gasteiger partial charge >= 0.3 is 0 Å². The fourth-order valence-electron chi connectivity index (χ4n) is 10.0. The summed E-state index contributed by atoms with van der Waals surface area (Å²) in [6, 6.07) is 84.8. The van der Waals surface area contributed by atoms with Gasteiger partial charge in [-0.1, -0.05) is 214 Å². The Labute approximate surface area is 373 Å². The molecule has 0 atom stereocenters. The normalized spacial score (nSPS) is 13.1. The minimum Gasteiger partial charge on any atom is -0.311 e. The summed E-state index contributed by atoms with van der Waals surface area (Å²) in [4.78, 5) is 2.39. The molecule has 0 N–H and O–H groups in total. The van der Waals surface area contributed by atoms with Gasteiger partial charge in [0.05, 0.1) is 5.41 Å². The van der Waals surface area contributed by atoms with E-state index in [4.69, 9.17) is 0 Å². The largest absolute Gasteiger partial charge is 0.311 e. The fraction of sp³-hybridized carbons (Fsp3) is 0.0968. The van der Waals surface area contributed by atoms with E-state index in [-0.39, 0.29) is 0 Å². The summed E-state index contributed by atoms with van der Waals surface area (Å²) in [6.45, 7) is 4.00. The first kappa shape index (κ1) is 39.6. The smallest absolute Gasteiger partial charge is 0.0664 e. The zero-order chi connectivity index (χ0) is 42.6. The number of anilines is 3. The molecule has 63 heavy (non-hydrogen) atoms. The Morgan fingerprint density at radius 1 is 0.381 bits per heavy atom. The van der Waals surface area contributed by atoms with E-state index in [1.54, 1.807) is 5.57 Å². The second-order valence-corrected chi connectivity index (χ2v) is 16.4. The monoisotopic (exact) mass is 809 g/mol. The Morgan fingerprint density at radius 3 is 1.46 bits per heavy atom. The van der Waals surface area contributed by atoms with Gasteiger partial charge in [0.1, 0.15) is 0 Å². The Hall–Kier alpha value is -7.48. The van der Waals surface area contributed by atoms with E-state index in [1.807, 2.05) is 13.8 Å². The van der Waals surface area contributed by atoms with E-state index in [9.17, 15) is 0 Å². The van der Waals surface area contributed by atoms with Gasteiger partial charge in [0.15, 0.2) is 0 Å². The zero-order valence-electron chi connectivity index (χ0n) is 36.1. The van der Waals surface area contributed by atoms with Crippen LogP contribution in [0.2, 0.25) is 0 Å². The maximum Gasteiger partial charge on any atom is 0.0664 e. The first-order chi connectivity index (χ1) is 31.2. The standard InChI is InChI=1S/C60H45N.C2H6/c1-4-14-43(15-5-1)45-27-34-55(35-28-45)61(56-36-29-46(30-37-56)48-25-24-44-16-10-11-17-47(44)40-48)57-38-32-53(33-39-57)60(51-19-6-2-7-20-51,52-21-8-3-9-22-52)54-31-26-50-41-49-18-12-13-23-58(49)59(50)42-54;1-2/h1-25,27-30,32-40,42H,26,31,41H2;1-2H3. The van der Waals surface area contributed by atoms with Crippen LogP contribution in [-0.2, 0) is 11.8 Å². The minimum absolute atomic E-state index is 0.485. The van der Waals surface area contributed by atoms with Gasteiger partial charge in [-0.25, -0.2) is 0 Å². The van der Waals surface area contributed by atoms with Crippen LogP contribution in [0.5, 0.6) is 0 Å². The lowest BCUT2D eigenvalue weighted by molar-refractivity contribution is 0.669. The van der Waals surface area contributed by atoms with Crippen LogP contribution in [0.25, 0.3) is 38.6 Å². The third-order valence-electron chi connectivity index (χ3n) is 13.0. The quantitative estimate of drug-likeness (QED) is 0.131. The van der Waals surface area contributed by atoms with Crippen molar-refractivity contribution < 1.29 is 0 Å². The lowest BCUT2D eigenvalue weighted by Gasteiger charge is -2.40. The average molecular weight is 810 g/mol. The summed E-state index contributed by atoms with van der Waals surface area (Å²) < 4.78 is 0. The molecule has 0 bridgehead atoms. The number of benzene rings is 9. The zero-order valence-corrected chi connectivity index (χ0v) is 36.1. The third-order valence-corrected chi connectivity index (χ3v) is 13.0. The van der Waals surface area contributed by atoms with E-state index in [0.717, 1.165) is 36.3 Å². The van der Waals surface area contributed by atoms with Crippen LogP contribution in [0.15, 0.2) is 248 Å². The van der Waals surface area contributed by atoms with Gasteiger partial charge in [-0.3, -0.25) is 0 Å². The number of hydrogen-bond acceptors (Lipinski definition) is 1. The molecule has 2 aliphatic carbocycles. The Morgan fingerprint density at radius 2 is 0.841 bits per heavy atom. The summed E-state index contributed by atoms with van der Waals surface area (Å²) in [6.07, 6.45) is 5.68. The molecule has 0 aliphatic heterocycles. The van der Waals surface area contributed by atoms with Crippen LogP contribution in [0.4, 0.5) is 17.1 Å². The van der Waals surface area contributed by atoms with Crippen molar-refractivity contribution in [1.29, 1.82) is 0 Å². The van der Waals surface area contributed by atoms with Crippen molar-refractivity contribution in [2.45, 2.75) is 38.5 Å². The van der Waals surface area contributed by atoms with E-state index in [0.29, 0.717) is 0 Å². The third kappa shape index (κ3) is 7.40. The molecule has 1 nitrogen and oxygen atoms in total. The molecule has 0 radical (unpaired) electrons. The molecule has 0 aromatic heterocycles.